The summed E-state index contributed by atoms with van der Waals surface area (Å²) in [6.45, 7) is 4.68. The van der Waals surface area contributed by atoms with Crippen LogP contribution in [-0.4, -0.2) is 19.5 Å². The zero-order valence-electron chi connectivity index (χ0n) is 32.3. The third kappa shape index (κ3) is 5.56. The van der Waals surface area contributed by atoms with Gasteiger partial charge in [-0.05, 0) is 80.9 Å². The molecular weight excluding hydrogens is 705 g/mol. The molecule has 11 rings (SSSR count). The molecule has 1 aliphatic rings. The summed E-state index contributed by atoms with van der Waals surface area (Å²) in [4.78, 5) is 14.9. The monoisotopic (exact) mass is 742 g/mol. The Labute approximate surface area is 337 Å². The molecule has 0 saturated heterocycles. The first-order valence-electron chi connectivity index (χ1n) is 19.9. The molecule has 0 bridgehead atoms. The zero-order valence-corrected chi connectivity index (χ0v) is 32.3. The van der Waals surface area contributed by atoms with Gasteiger partial charge >= 0.3 is 0 Å². The van der Waals surface area contributed by atoms with Crippen molar-refractivity contribution in [2.75, 3.05) is 0 Å². The molecule has 0 aliphatic heterocycles. The lowest BCUT2D eigenvalue weighted by Gasteiger charge is -2.22. The molecule has 8 aromatic carbocycles. The molecule has 4 nitrogen and oxygen atoms in total. The van der Waals surface area contributed by atoms with E-state index in [0.717, 1.165) is 33.4 Å². The molecule has 0 spiro atoms. The van der Waals surface area contributed by atoms with Gasteiger partial charge in [0.15, 0.2) is 17.5 Å². The maximum Gasteiger partial charge on any atom is 0.164 e. The highest BCUT2D eigenvalue weighted by Crippen LogP contribution is 2.49. The van der Waals surface area contributed by atoms with Crippen LogP contribution in [0.2, 0.25) is 0 Å². The molecule has 58 heavy (non-hydrogen) atoms. The van der Waals surface area contributed by atoms with Crippen LogP contribution in [0.5, 0.6) is 0 Å². The van der Waals surface area contributed by atoms with Crippen molar-refractivity contribution in [1.29, 1.82) is 0 Å². The van der Waals surface area contributed by atoms with E-state index in [1.807, 2.05) is 60.7 Å². The Morgan fingerprint density at radius 3 is 1.57 bits per heavy atom. The summed E-state index contributed by atoms with van der Waals surface area (Å²) in [7, 11) is 0. The van der Waals surface area contributed by atoms with E-state index in [4.69, 9.17) is 15.0 Å². The predicted molar refractivity (Wildman–Crippen MR) is 239 cm³/mol. The summed E-state index contributed by atoms with van der Waals surface area (Å²) in [5.41, 5.74) is 16.5. The molecule has 0 radical (unpaired) electrons. The lowest BCUT2D eigenvalue weighted by molar-refractivity contribution is 0.660. The molecule has 1 aliphatic carbocycles. The lowest BCUT2D eigenvalue weighted by atomic mass is 9.81. The van der Waals surface area contributed by atoms with Gasteiger partial charge in [-0.2, -0.15) is 0 Å². The van der Waals surface area contributed by atoms with E-state index in [-0.39, 0.29) is 5.41 Å². The molecule has 0 amide bonds. The van der Waals surface area contributed by atoms with Crippen LogP contribution < -0.4 is 0 Å². The third-order valence-electron chi connectivity index (χ3n) is 11.9. The number of rotatable bonds is 6. The van der Waals surface area contributed by atoms with E-state index in [1.165, 1.54) is 55.3 Å². The summed E-state index contributed by atoms with van der Waals surface area (Å²) in [6.07, 6.45) is 0. The summed E-state index contributed by atoms with van der Waals surface area (Å²) in [5, 5.41) is 2.42. The maximum atomic E-state index is 5.02. The van der Waals surface area contributed by atoms with E-state index in [9.17, 15) is 0 Å². The van der Waals surface area contributed by atoms with Gasteiger partial charge in [0.1, 0.15) is 0 Å². The number of hydrogen-bond acceptors (Lipinski definition) is 3. The Morgan fingerprint density at radius 1 is 0.345 bits per heavy atom. The van der Waals surface area contributed by atoms with Crippen molar-refractivity contribution in [3.63, 3.8) is 0 Å². The first kappa shape index (κ1) is 33.9. The van der Waals surface area contributed by atoms with E-state index in [1.54, 1.807) is 0 Å². The summed E-state index contributed by atoms with van der Waals surface area (Å²) < 4.78 is 2.35. The van der Waals surface area contributed by atoms with Crippen LogP contribution in [0.25, 0.3) is 95.0 Å². The quantitative estimate of drug-likeness (QED) is 0.170. The highest BCUT2D eigenvalue weighted by molar-refractivity contribution is 6.10. The molecule has 274 valence electrons. The molecule has 4 heteroatoms. The molecular formula is C54H38N4. The molecule has 0 unspecified atom stereocenters. The highest BCUT2D eigenvalue weighted by Gasteiger charge is 2.35. The maximum absolute atomic E-state index is 5.02. The minimum atomic E-state index is -0.0254. The second kappa shape index (κ2) is 13.4. The van der Waals surface area contributed by atoms with Crippen LogP contribution in [0, 0.1) is 0 Å². The van der Waals surface area contributed by atoms with Crippen molar-refractivity contribution in [3.8, 4) is 73.2 Å². The van der Waals surface area contributed by atoms with Gasteiger partial charge in [-0.3, -0.25) is 0 Å². The van der Waals surface area contributed by atoms with Crippen LogP contribution in [-0.2, 0) is 5.41 Å². The number of fused-ring (bicyclic) bond motifs is 6. The standard InChI is InChI=1S/C54H38N4/c1-54(2)47-22-11-9-20-43(47)44-30-28-40(34-48(44)54)36-26-24-35(25-27-36)39-29-31-50-46(33-39)45-21-10-12-23-49(45)58(50)42-19-13-18-41(32-42)53-56-51(37-14-5-3-6-15-37)55-52(57-53)38-16-7-4-8-17-38/h3-34H,1-2H3. The van der Waals surface area contributed by atoms with E-state index in [0.29, 0.717) is 17.5 Å². The summed E-state index contributed by atoms with van der Waals surface area (Å²) in [5.74, 6) is 1.93. The van der Waals surface area contributed by atoms with Crippen molar-refractivity contribution >= 4 is 21.8 Å². The Balaban J connectivity index is 0.965. The van der Waals surface area contributed by atoms with Gasteiger partial charge < -0.3 is 4.57 Å². The number of nitrogens with zero attached hydrogens (tertiary/aromatic N) is 4. The van der Waals surface area contributed by atoms with Crippen LogP contribution >= 0.6 is 0 Å². The average molecular weight is 743 g/mol. The van der Waals surface area contributed by atoms with E-state index in [2.05, 4.69) is 152 Å². The van der Waals surface area contributed by atoms with Gasteiger partial charge in [0.2, 0.25) is 0 Å². The predicted octanol–water partition coefficient (Wildman–Crippen LogP) is 13.6. The number of aromatic nitrogens is 4. The Bertz CT molecular complexity index is 3120. The number of para-hydroxylation sites is 1. The second-order valence-corrected chi connectivity index (χ2v) is 15.7. The fraction of sp³-hybridized carbons (Fsp3) is 0.0556. The fourth-order valence-electron chi connectivity index (χ4n) is 8.89. The van der Waals surface area contributed by atoms with Crippen molar-refractivity contribution < 1.29 is 0 Å². The van der Waals surface area contributed by atoms with Crippen LogP contribution in [0.4, 0.5) is 0 Å². The number of benzene rings is 8. The second-order valence-electron chi connectivity index (χ2n) is 15.7. The lowest BCUT2D eigenvalue weighted by Crippen LogP contribution is -2.14. The molecule has 10 aromatic rings. The van der Waals surface area contributed by atoms with Gasteiger partial charge in [-0.25, -0.2) is 15.0 Å². The molecule has 2 heterocycles. The van der Waals surface area contributed by atoms with Crippen molar-refractivity contribution in [2.24, 2.45) is 0 Å². The normalized spacial score (nSPS) is 12.8. The zero-order chi connectivity index (χ0) is 38.8. The first-order valence-corrected chi connectivity index (χ1v) is 19.9. The van der Waals surface area contributed by atoms with Gasteiger partial charge in [0.25, 0.3) is 0 Å². The fourth-order valence-corrected chi connectivity index (χ4v) is 8.89. The number of hydrogen-bond donors (Lipinski definition) is 0. The Morgan fingerprint density at radius 2 is 0.862 bits per heavy atom. The van der Waals surface area contributed by atoms with Gasteiger partial charge in [-0.1, -0.05) is 172 Å². The van der Waals surface area contributed by atoms with Crippen molar-refractivity contribution in [2.45, 2.75) is 19.3 Å². The third-order valence-corrected chi connectivity index (χ3v) is 11.9. The topological polar surface area (TPSA) is 43.6 Å². The van der Waals surface area contributed by atoms with Gasteiger partial charge in [-0.15, -0.1) is 0 Å². The minimum Gasteiger partial charge on any atom is -0.309 e. The average Bonchev–Trinajstić information content (AvgIpc) is 3.74. The summed E-state index contributed by atoms with van der Waals surface area (Å²) in [6, 6.07) is 69.1. The molecule has 0 N–H and O–H groups in total. The molecule has 2 aromatic heterocycles. The minimum absolute atomic E-state index is 0.0254. The van der Waals surface area contributed by atoms with Crippen LogP contribution in [0.3, 0.4) is 0 Å². The Kier molecular flexibility index (Phi) is 7.80. The Hall–Kier alpha value is -7.43. The van der Waals surface area contributed by atoms with Gasteiger partial charge in [0, 0.05) is 38.6 Å². The SMILES string of the molecule is CC1(C)c2ccccc2-c2ccc(-c3ccc(-c4ccc5c(c4)c4ccccc4n5-c4cccc(-c5nc(-c6ccccc6)nc(-c6ccccc6)n5)c4)cc3)cc21. The van der Waals surface area contributed by atoms with E-state index < -0.39 is 0 Å². The first-order chi connectivity index (χ1) is 28.5. The summed E-state index contributed by atoms with van der Waals surface area (Å²) >= 11 is 0. The van der Waals surface area contributed by atoms with Gasteiger partial charge in [0.05, 0.1) is 11.0 Å². The largest absolute Gasteiger partial charge is 0.309 e. The smallest absolute Gasteiger partial charge is 0.164 e. The molecule has 0 atom stereocenters. The van der Waals surface area contributed by atoms with Crippen LogP contribution in [0.1, 0.15) is 25.0 Å². The molecule has 0 fully saturated rings. The highest BCUT2D eigenvalue weighted by atomic mass is 15.0. The van der Waals surface area contributed by atoms with Crippen molar-refractivity contribution in [1.82, 2.24) is 19.5 Å². The van der Waals surface area contributed by atoms with Crippen LogP contribution in [0.15, 0.2) is 194 Å². The van der Waals surface area contributed by atoms with Crippen molar-refractivity contribution in [3.05, 3.63) is 205 Å². The van der Waals surface area contributed by atoms with E-state index >= 15 is 0 Å². The molecule has 0 saturated carbocycles.